The van der Waals surface area contributed by atoms with Crippen LogP contribution in [-0.4, -0.2) is 25.2 Å². The second-order valence-corrected chi connectivity index (χ2v) is 7.02. The van der Waals surface area contributed by atoms with Gasteiger partial charge in [-0.15, -0.1) is 0 Å². The van der Waals surface area contributed by atoms with Gasteiger partial charge < -0.3 is 14.4 Å². The number of benzene rings is 3. The van der Waals surface area contributed by atoms with Crippen LogP contribution in [-0.2, 0) is 19.1 Å². The Morgan fingerprint density at radius 1 is 0.636 bits per heavy atom. The fourth-order valence-corrected chi connectivity index (χ4v) is 3.20. The van der Waals surface area contributed by atoms with E-state index in [1.165, 1.54) is 12.2 Å². The molecule has 0 unspecified atom stereocenters. The van der Waals surface area contributed by atoms with E-state index in [2.05, 4.69) is 4.90 Å². The predicted octanol–water partition coefficient (Wildman–Crippen LogP) is 6.31. The number of ether oxygens (including phenoxy) is 2. The first-order chi connectivity index (χ1) is 16.1. The first kappa shape index (κ1) is 23.5. The number of para-hydroxylation sites is 1. The maximum atomic E-state index is 11.6. The molecule has 0 atom stereocenters. The number of esters is 2. The van der Waals surface area contributed by atoms with Crippen molar-refractivity contribution in [3.63, 3.8) is 0 Å². The molecule has 33 heavy (non-hydrogen) atoms. The molecule has 5 nitrogen and oxygen atoms in total. The molecule has 0 fully saturated rings. The topological polar surface area (TPSA) is 55.8 Å². The minimum atomic E-state index is -0.357. The molecule has 0 aliphatic rings. The van der Waals surface area contributed by atoms with E-state index in [0.29, 0.717) is 13.2 Å². The summed E-state index contributed by atoms with van der Waals surface area (Å²) in [6, 6.07) is 25.9. The highest BCUT2D eigenvalue weighted by atomic mass is 16.5. The molecule has 0 radical (unpaired) electrons. The van der Waals surface area contributed by atoms with Crippen LogP contribution in [0.4, 0.5) is 17.1 Å². The molecule has 0 aromatic heterocycles. The van der Waals surface area contributed by atoms with Crippen molar-refractivity contribution < 1.29 is 19.1 Å². The zero-order chi connectivity index (χ0) is 23.5. The summed E-state index contributed by atoms with van der Waals surface area (Å²) in [4.78, 5) is 25.3. The Balaban J connectivity index is 1.86. The molecule has 0 aliphatic heterocycles. The van der Waals surface area contributed by atoms with E-state index >= 15 is 0 Å². The van der Waals surface area contributed by atoms with Gasteiger partial charge in [0.25, 0.3) is 0 Å². The zero-order valence-electron chi connectivity index (χ0n) is 18.8. The van der Waals surface area contributed by atoms with Gasteiger partial charge in [0.1, 0.15) is 0 Å². The highest BCUT2D eigenvalue weighted by Crippen LogP contribution is 2.34. The quantitative estimate of drug-likeness (QED) is 0.288. The maximum absolute atomic E-state index is 11.6. The van der Waals surface area contributed by atoms with Gasteiger partial charge in [-0.25, -0.2) is 9.59 Å². The molecule has 3 rings (SSSR count). The minimum Gasteiger partial charge on any atom is -0.463 e. The first-order valence-corrected chi connectivity index (χ1v) is 10.9. The Morgan fingerprint density at radius 2 is 1.03 bits per heavy atom. The molecule has 0 N–H and O–H groups in total. The van der Waals surface area contributed by atoms with Crippen molar-refractivity contribution in [2.45, 2.75) is 13.8 Å². The fourth-order valence-electron chi connectivity index (χ4n) is 3.20. The van der Waals surface area contributed by atoms with Gasteiger partial charge >= 0.3 is 11.9 Å². The average Bonchev–Trinajstić information content (AvgIpc) is 2.84. The number of anilines is 3. The molecule has 0 heterocycles. The lowest BCUT2D eigenvalue weighted by Gasteiger charge is -2.25. The lowest BCUT2D eigenvalue weighted by Crippen LogP contribution is -2.09. The predicted molar refractivity (Wildman–Crippen MR) is 132 cm³/mol. The average molecular weight is 442 g/mol. The van der Waals surface area contributed by atoms with Gasteiger partial charge in [0.05, 0.1) is 13.2 Å². The summed E-state index contributed by atoms with van der Waals surface area (Å²) in [6.07, 6.45) is 6.32. The molecule has 0 spiro atoms. The molecule has 3 aromatic carbocycles. The van der Waals surface area contributed by atoms with Crippen LogP contribution in [0, 0.1) is 0 Å². The third-order valence-corrected chi connectivity index (χ3v) is 4.71. The Kier molecular flexibility index (Phi) is 8.60. The third kappa shape index (κ3) is 6.94. The fraction of sp³-hybridized carbons (Fsp3) is 0.143. The van der Waals surface area contributed by atoms with E-state index < -0.39 is 0 Å². The number of nitrogens with zero attached hydrogens (tertiary/aromatic N) is 1. The van der Waals surface area contributed by atoms with Crippen molar-refractivity contribution >= 4 is 41.2 Å². The molecule has 0 bridgehead atoms. The SMILES string of the molecule is CCOC(=O)/C=C/c1ccc(N(c2ccccc2)c2ccc(/C=C/C(=O)OCC)cc2)cc1. The number of hydrogen-bond donors (Lipinski definition) is 0. The van der Waals surface area contributed by atoms with E-state index in [1.807, 2.05) is 78.9 Å². The van der Waals surface area contributed by atoms with Gasteiger partial charge in [-0.3, -0.25) is 0 Å². The molecule has 3 aromatic rings. The zero-order valence-corrected chi connectivity index (χ0v) is 18.8. The number of hydrogen-bond acceptors (Lipinski definition) is 5. The van der Waals surface area contributed by atoms with Crippen molar-refractivity contribution in [1.82, 2.24) is 0 Å². The molecular weight excluding hydrogens is 414 g/mol. The van der Waals surface area contributed by atoms with Crippen LogP contribution in [0.3, 0.4) is 0 Å². The summed E-state index contributed by atoms with van der Waals surface area (Å²) in [7, 11) is 0. The normalized spacial score (nSPS) is 11.0. The summed E-state index contributed by atoms with van der Waals surface area (Å²) >= 11 is 0. The van der Waals surface area contributed by atoms with Crippen molar-refractivity contribution in [2.24, 2.45) is 0 Å². The molecule has 0 saturated carbocycles. The highest BCUT2D eigenvalue weighted by molar-refractivity contribution is 5.88. The van der Waals surface area contributed by atoms with Crippen LogP contribution in [0.25, 0.3) is 12.2 Å². The van der Waals surface area contributed by atoms with E-state index in [1.54, 1.807) is 26.0 Å². The summed E-state index contributed by atoms with van der Waals surface area (Å²) in [5.41, 5.74) is 4.77. The van der Waals surface area contributed by atoms with E-state index in [9.17, 15) is 9.59 Å². The second-order valence-electron chi connectivity index (χ2n) is 7.02. The van der Waals surface area contributed by atoms with Crippen LogP contribution in [0.2, 0.25) is 0 Å². The maximum Gasteiger partial charge on any atom is 0.330 e. The van der Waals surface area contributed by atoms with Gasteiger partial charge in [-0.1, -0.05) is 42.5 Å². The van der Waals surface area contributed by atoms with Gasteiger partial charge in [-0.2, -0.15) is 0 Å². The minimum absolute atomic E-state index is 0.353. The van der Waals surface area contributed by atoms with E-state index in [4.69, 9.17) is 9.47 Å². The number of rotatable bonds is 9. The summed E-state index contributed by atoms with van der Waals surface area (Å²) in [5, 5.41) is 0. The first-order valence-electron chi connectivity index (χ1n) is 10.9. The van der Waals surface area contributed by atoms with Crippen LogP contribution in [0.15, 0.2) is 91.0 Å². The van der Waals surface area contributed by atoms with Gasteiger partial charge in [0.15, 0.2) is 0 Å². The van der Waals surface area contributed by atoms with Crippen molar-refractivity contribution in [3.8, 4) is 0 Å². The standard InChI is InChI=1S/C28H27NO4/c1-3-32-27(30)20-14-22-10-16-25(17-11-22)29(24-8-6-5-7-9-24)26-18-12-23(13-19-26)15-21-28(31)33-4-2/h5-21H,3-4H2,1-2H3/b20-14+,21-15+. The van der Waals surface area contributed by atoms with Gasteiger partial charge in [0, 0.05) is 29.2 Å². The van der Waals surface area contributed by atoms with Crippen LogP contribution >= 0.6 is 0 Å². The Bertz CT molecular complexity index is 1030. The molecule has 0 aliphatic carbocycles. The monoisotopic (exact) mass is 441 g/mol. The van der Waals surface area contributed by atoms with E-state index in [-0.39, 0.29) is 11.9 Å². The van der Waals surface area contributed by atoms with Gasteiger partial charge in [-0.05, 0) is 73.5 Å². The van der Waals surface area contributed by atoms with Crippen molar-refractivity contribution in [3.05, 3.63) is 102 Å². The number of carbonyl (C=O) groups is 2. The lowest BCUT2D eigenvalue weighted by molar-refractivity contribution is -0.138. The second kappa shape index (κ2) is 12.1. The summed E-state index contributed by atoms with van der Waals surface area (Å²) < 4.78 is 9.86. The lowest BCUT2D eigenvalue weighted by atomic mass is 10.1. The molecule has 0 amide bonds. The van der Waals surface area contributed by atoms with Crippen LogP contribution in [0.1, 0.15) is 25.0 Å². The summed E-state index contributed by atoms with van der Waals surface area (Å²) in [6.45, 7) is 4.26. The number of carbonyl (C=O) groups excluding carboxylic acids is 2. The molecule has 5 heteroatoms. The van der Waals surface area contributed by atoms with Crippen molar-refractivity contribution in [2.75, 3.05) is 18.1 Å². The van der Waals surface area contributed by atoms with E-state index in [0.717, 1.165) is 28.2 Å². The molecule has 168 valence electrons. The van der Waals surface area contributed by atoms with Crippen molar-refractivity contribution in [1.29, 1.82) is 0 Å². The third-order valence-electron chi connectivity index (χ3n) is 4.71. The molecular formula is C28H27NO4. The van der Waals surface area contributed by atoms with Gasteiger partial charge in [0.2, 0.25) is 0 Å². The van der Waals surface area contributed by atoms with Crippen LogP contribution < -0.4 is 4.90 Å². The Hall–Kier alpha value is -4.12. The molecule has 0 saturated heterocycles. The smallest absolute Gasteiger partial charge is 0.330 e. The largest absolute Gasteiger partial charge is 0.463 e. The summed E-state index contributed by atoms with van der Waals surface area (Å²) in [5.74, 6) is -0.714. The van der Waals surface area contributed by atoms with Crippen LogP contribution in [0.5, 0.6) is 0 Å². The Morgan fingerprint density at radius 3 is 1.42 bits per heavy atom. The highest BCUT2D eigenvalue weighted by Gasteiger charge is 2.12. The Labute approximate surface area is 194 Å².